The molecule has 78 valence electrons. The van der Waals surface area contributed by atoms with Crippen molar-refractivity contribution in [3.8, 4) is 0 Å². The summed E-state index contributed by atoms with van der Waals surface area (Å²) >= 11 is 1.66. The van der Waals surface area contributed by atoms with Crippen LogP contribution >= 0.6 is 11.3 Å². The second-order valence-corrected chi connectivity index (χ2v) is 4.84. The van der Waals surface area contributed by atoms with Gasteiger partial charge in [0.1, 0.15) is 0 Å². The molecule has 1 aliphatic carbocycles. The predicted molar refractivity (Wildman–Crippen MR) is 59.2 cm³/mol. The fourth-order valence-electron chi connectivity index (χ4n) is 2.09. The Bertz CT molecular complexity index is 273. The van der Waals surface area contributed by atoms with Crippen molar-refractivity contribution < 1.29 is 0 Å². The van der Waals surface area contributed by atoms with Crippen molar-refractivity contribution in [2.75, 3.05) is 7.05 Å². The van der Waals surface area contributed by atoms with Crippen molar-refractivity contribution >= 4 is 11.3 Å². The van der Waals surface area contributed by atoms with Gasteiger partial charge in [-0.2, -0.15) is 0 Å². The first-order valence-corrected chi connectivity index (χ1v) is 6.03. The van der Waals surface area contributed by atoms with Gasteiger partial charge >= 0.3 is 0 Å². The van der Waals surface area contributed by atoms with E-state index in [9.17, 15) is 0 Å². The van der Waals surface area contributed by atoms with Crippen molar-refractivity contribution in [3.05, 3.63) is 16.6 Å². The number of thiazole rings is 1. The molecule has 0 radical (unpaired) electrons. The Morgan fingerprint density at radius 3 is 3.07 bits per heavy atom. The molecule has 3 nitrogen and oxygen atoms in total. The summed E-state index contributed by atoms with van der Waals surface area (Å²) in [6, 6.07) is 1.07. The molecule has 1 aliphatic rings. The van der Waals surface area contributed by atoms with Crippen molar-refractivity contribution in [2.45, 2.75) is 37.9 Å². The minimum atomic E-state index is 0.415. The van der Waals surface area contributed by atoms with Crippen LogP contribution in [-0.2, 0) is 6.54 Å². The van der Waals surface area contributed by atoms with Crippen molar-refractivity contribution in [1.82, 2.24) is 9.88 Å². The molecule has 1 aromatic rings. The summed E-state index contributed by atoms with van der Waals surface area (Å²) in [7, 11) is 2.17. The molecule has 2 rings (SSSR count). The fourth-order valence-corrected chi connectivity index (χ4v) is 2.64. The summed E-state index contributed by atoms with van der Waals surface area (Å²) in [6.07, 6.45) is 3.55. The lowest BCUT2D eigenvalue weighted by molar-refractivity contribution is 0.233. The third-order valence-electron chi connectivity index (χ3n) is 2.96. The number of rotatable bonds is 3. The highest BCUT2D eigenvalue weighted by Crippen LogP contribution is 2.22. The number of hydrogen-bond donors (Lipinski definition) is 1. The summed E-state index contributed by atoms with van der Waals surface area (Å²) in [5, 5.41) is 2.12. The van der Waals surface area contributed by atoms with Crippen LogP contribution < -0.4 is 5.73 Å². The van der Waals surface area contributed by atoms with E-state index in [1.165, 1.54) is 18.5 Å². The molecule has 0 saturated heterocycles. The lowest BCUT2D eigenvalue weighted by Gasteiger charge is -2.23. The van der Waals surface area contributed by atoms with Crippen LogP contribution in [0.5, 0.6) is 0 Å². The van der Waals surface area contributed by atoms with Crippen LogP contribution in [0.4, 0.5) is 0 Å². The summed E-state index contributed by atoms with van der Waals surface area (Å²) in [6.45, 7) is 0.959. The topological polar surface area (TPSA) is 42.2 Å². The predicted octanol–water partition coefficient (Wildman–Crippen LogP) is 1.45. The standard InChI is InChI=1S/C10H17N3S/c1-13(5-9-6-14-7-12-9)10-3-2-8(11)4-10/h6-8,10H,2-5,11H2,1H3. The van der Waals surface area contributed by atoms with Crippen molar-refractivity contribution in [1.29, 1.82) is 0 Å². The molecule has 0 aromatic carbocycles. The lowest BCUT2D eigenvalue weighted by atomic mass is 10.2. The van der Waals surface area contributed by atoms with Gasteiger partial charge in [0, 0.05) is 24.0 Å². The zero-order chi connectivity index (χ0) is 9.97. The number of nitrogens with two attached hydrogens (primary N) is 1. The molecule has 0 amide bonds. The molecule has 0 spiro atoms. The molecule has 0 bridgehead atoms. The summed E-state index contributed by atoms with van der Waals surface area (Å²) < 4.78 is 0. The fraction of sp³-hybridized carbons (Fsp3) is 0.700. The Kier molecular flexibility index (Phi) is 3.15. The SMILES string of the molecule is CN(Cc1cscn1)C1CCC(N)C1. The lowest BCUT2D eigenvalue weighted by Crippen LogP contribution is -2.30. The molecule has 1 aromatic heterocycles. The van der Waals surface area contributed by atoms with Gasteiger partial charge in [-0.1, -0.05) is 0 Å². The second kappa shape index (κ2) is 4.38. The average Bonchev–Trinajstić information content (AvgIpc) is 2.75. The van der Waals surface area contributed by atoms with Gasteiger partial charge in [0.25, 0.3) is 0 Å². The molecule has 2 unspecified atom stereocenters. The minimum Gasteiger partial charge on any atom is -0.328 e. The molecule has 2 N–H and O–H groups in total. The Morgan fingerprint density at radius 1 is 1.64 bits per heavy atom. The zero-order valence-electron chi connectivity index (χ0n) is 8.52. The van der Waals surface area contributed by atoms with E-state index in [0.29, 0.717) is 12.1 Å². The van der Waals surface area contributed by atoms with E-state index in [2.05, 4.69) is 22.3 Å². The summed E-state index contributed by atoms with van der Waals surface area (Å²) in [5.41, 5.74) is 8.97. The molecule has 0 aliphatic heterocycles. The Balaban J connectivity index is 1.87. The molecule has 1 heterocycles. The first-order valence-electron chi connectivity index (χ1n) is 5.08. The monoisotopic (exact) mass is 211 g/mol. The maximum atomic E-state index is 5.90. The first-order chi connectivity index (χ1) is 6.75. The van der Waals surface area contributed by atoms with Crippen LogP contribution in [-0.4, -0.2) is 29.0 Å². The average molecular weight is 211 g/mol. The van der Waals surface area contributed by atoms with Gasteiger partial charge in [-0.05, 0) is 26.3 Å². The highest BCUT2D eigenvalue weighted by molar-refractivity contribution is 7.07. The van der Waals surface area contributed by atoms with Gasteiger partial charge in [0.15, 0.2) is 0 Å². The zero-order valence-corrected chi connectivity index (χ0v) is 9.33. The van der Waals surface area contributed by atoms with Crippen LogP contribution in [0.25, 0.3) is 0 Å². The van der Waals surface area contributed by atoms with Crippen molar-refractivity contribution in [2.24, 2.45) is 5.73 Å². The third kappa shape index (κ3) is 2.32. The van der Waals surface area contributed by atoms with Gasteiger partial charge in [0.05, 0.1) is 11.2 Å². The van der Waals surface area contributed by atoms with E-state index in [1.807, 2.05) is 5.51 Å². The van der Waals surface area contributed by atoms with Crippen LogP contribution in [0.15, 0.2) is 10.9 Å². The maximum Gasteiger partial charge on any atom is 0.0795 e. The Morgan fingerprint density at radius 2 is 2.50 bits per heavy atom. The summed E-state index contributed by atoms with van der Waals surface area (Å²) in [4.78, 5) is 6.67. The largest absolute Gasteiger partial charge is 0.328 e. The number of nitrogens with zero attached hydrogens (tertiary/aromatic N) is 2. The Hall–Kier alpha value is -0.450. The highest BCUT2D eigenvalue weighted by Gasteiger charge is 2.25. The molecule has 4 heteroatoms. The molecule has 1 fully saturated rings. The van der Waals surface area contributed by atoms with E-state index in [-0.39, 0.29) is 0 Å². The van der Waals surface area contributed by atoms with Gasteiger partial charge in [0.2, 0.25) is 0 Å². The van der Waals surface area contributed by atoms with E-state index in [4.69, 9.17) is 5.73 Å². The third-order valence-corrected chi connectivity index (χ3v) is 3.60. The van der Waals surface area contributed by atoms with Crippen LogP contribution in [0.1, 0.15) is 25.0 Å². The van der Waals surface area contributed by atoms with E-state index >= 15 is 0 Å². The molecule has 2 atom stereocenters. The van der Waals surface area contributed by atoms with Crippen LogP contribution in [0, 0.1) is 0 Å². The molecule has 14 heavy (non-hydrogen) atoms. The van der Waals surface area contributed by atoms with Crippen LogP contribution in [0.3, 0.4) is 0 Å². The van der Waals surface area contributed by atoms with E-state index in [0.717, 1.165) is 13.0 Å². The molecular weight excluding hydrogens is 194 g/mol. The second-order valence-electron chi connectivity index (χ2n) is 4.12. The smallest absolute Gasteiger partial charge is 0.0795 e. The molecular formula is C10H17N3S. The maximum absolute atomic E-state index is 5.90. The van der Waals surface area contributed by atoms with Gasteiger partial charge in [-0.3, -0.25) is 4.90 Å². The quantitative estimate of drug-likeness (QED) is 0.823. The van der Waals surface area contributed by atoms with E-state index in [1.54, 1.807) is 11.3 Å². The first kappa shape index (κ1) is 10.1. The van der Waals surface area contributed by atoms with Gasteiger partial charge < -0.3 is 5.73 Å². The number of aromatic nitrogens is 1. The van der Waals surface area contributed by atoms with Gasteiger partial charge in [-0.15, -0.1) is 11.3 Å². The Labute approximate surface area is 88.9 Å². The molecule has 1 saturated carbocycles. The minimum absolute atomic E-state index is 0.415. The number of hydrogen-bond acceptors (Lipinski definition) is 4. The highest BCUT2D eigenvalue weighted by atomic mass is 32.1. The van der Waals surface area contributed by atoms with Crippen molar-refractivity contribution in [3.63, 3.8) is 0 Å². The summed E-state index contributed by atoms with van der Waals surface area (Å²) in [5.74, 6) is 0. The van der Waals surface area contributed by atoms with E-state index < -0.39 is 0 Å². The van der Waals surface area contributed by atoms with Crippen LogP contribution in [0.2, 0.25) is 0 Å². The normalized spacial score (nSPS) is 27.4. The van der Waals surface area contributed by atoms with Gasteiger partial charge in [-0.25, -0.2) is 4.98 Å².